The molecule has 0 bridgehead atoms. The second kappa shape index (κ2) is 20.4. The molecule has 2 aliphatic rings. The number of fused-ring (bicyclic) bond motifs is 3. The molecule has 1 aromatic carbocycles. The Bertz CT molecular complexity index is 2700. The molecule has 33 heteroatoms. The van der Waals surface area contributed by atoms with Crippen molar-refractivity contribution in [2.24, 2.45) is 5.41 Å². The summed E-state index contributed by atoms with van der Waals surface area (Å²) in [6.07, 6.45) is -7.18. The lowest BCUT2D eigenvalue weighted by atomic mass is 9.87. The Morgan fingerprint density at radius 1 is 1.03 bits per heavy atom. The Kier molecular flexibility index (Phi) is 15.7. The van der Waals surface area contributed by atoms with E-state index in [1.807, 2.05) is 0 Å². The lowest BCUT2D eigenvalue weighted by Gasteiger charge is -2.30. The van der Waals surface area contributed by atoms with E-state index in [2.05, 4.69) is 39.5 Å². The third-order valence-corrected chi connectivity index (χ3v) is 13.6. The molecule has 4 aromatic rings. The van der Waals surface area contributed by atoms with Gasteiger partial charge >= 0.3 is 23.5 Å². The standard InChI is InChI=1S/C33H44N9O20P3S/c1-4-42-17-10-19-18(56-15-57-19)9-16(17)24(44)22(40-42)32(48)66-8-7-35-21(43)5-6-36-30(47)27(46)33(2,3)12-59-65(54,55)62-64(52,53)58-11-20-26(61-63(49,50)51)25(45)31(60-20)41-14-39-23-28(34)37-13-38-29(23)41/h9-10,13-14,20,25-27,31,45-46H,4-8,11-12,15H2,1-3H3,(H,35,43)(H,36,47)(H,52,53)(H,54,55)(H2,34,37,38)(H2,49,50,51). The summed E-state index contributed by atoms with van der Waals surface area (Å²) >= 11 is 0.759. The minimum Gasteiger partial charge on any atom is -0.454 e. The smallest absolute Gasteiger partial charge is 0.454 e. The van der Waals surface area contributed by atoms with Crippen LogP contribution in [0.4, 0.5) is 5.82 Å². The van der Waals surface area contributed by atoms with Gasteiger partial charge in [0, 0.05) is 43.3 Å². The highest BCUT2D eigenvalue weighted by Gasteiger charge is 2.50. The fraction of sp³-hybridized carbons (Fsp3) is 0.515. The van der Waals surface area contributed by atoms with E-state index >= 15 is 0 Å². The fourth-order valence-electron chi connectivity index (χ4n) is 6.39. The highest BCUT2D eigenvalue weighted by molar-refractivity contribution is 8.14. The maximum Gasteiger partial charge on any atom is 0.481 e. The number of carbonyl (C=O) groups excluding carboxylic acids is 3. The fourth-order valence-corrected chi connectivity index (χ4v) is 9.88. The van der Waals surface area contributed by atoms with E-state index in [-0.39, 0.29) is 60.1 Å². The van der Waals surface area contributed by atoms with Gasteiger partial charge in [-0.15, -0.1) is 0 Å². The Morgan fingerprint density at radius 3 is 2.42 bits per heavy atom. The molecule has 7 atom stereocenters. The number of anilines is 1. The molecule has 66 heavy (non-hydrogen) atoms. The first-order chi connectivity index (χ1) is 30.9. The van der Waals surface area contributed by atoms with Gasteiger partial charge in [0.05, 0.1) is 30.4 Å². The predicted octanol–water partition coefficient (Wildman–Crippen LogP) is -0.563. The summed E-state index contributed by atoms with van der Waals surface area (Å²) in [6.45, 7) is 2.22. The quantitative estimate of drug-likeness (QED) is 0.0373. The highest BCUT2D eigenvalue weighted by Crippen LogP contribution is 2.61. The molecule has 29 nitrogen and oxygen atoms in total. The van der Waals surface area contributed by atoms with Crippen LogP contribution in [0.5, 0.6) is 11.5 Å². The average molecular weight is 1010 g/mol. The van der Waals surface area contributed by atoms with Crippen molar-refractivity contribution in [1.29, 1.82) is 0 Å². The van der Waals surface area contributed by atoms with E-state index in [0.29, 0.717) is 23.6 Å². The SMILES string of the molecule is CCn1nc(C(=O)SCCNC(=O)CCNC(=O)C(O)C(C)(C)COP(=O)(O)OP(=O)(O)OCC2OC(n3cnc4c(N)ncnc43)C(O)C2OP(=O)(O)O)c(=O)c2cc3c(cc21)OCO3. The molecule has 7 unspecified atom stereocenters. The largest absolute Gasteiger partial charge is 0.481 e. The molecule has 2 amide bonds. The van der Waals surface area contributed by atoms with Crippen molar-refractivity contribution in [1.82, 2.24) is 39.9 Å². The van der Waals surface area contributed by atoms with Gasteiger partial charge in [0.15, 0.2) is 34.9 Å². The molecule has 6 rings (SSSR count). The summed E-state index contributed by atoms with van der Waals surface area (Å²) in [5.74, 6) is -0.747. The highest BCUT2D eigenvalue weighted by atomic mass is 32.2. The van der Waals surface area contributed by atoms with Crippen LogP contribution in [0.3, 0.4) is 0 Å². The van der Waals surface area contributed by atoms with Gasteiger partial charge in [0.1, 0.15) is 36.3 Å². The second-order valence-electron chi connectivity index (χ2n) is 14.9. The number of nitrogen functional groups attached to an aromatic ring is 1. The summed E-state index contributed by atoms with van der Waals surface area (Å²) in [6, 6.07) is 3.11. The van der Waals surface area contributed by atoms with E-state index in [1.54, 1.807) is 13.0 Å². The molecular weight excluding hydrogens is 967 g/mol. The first-order valence-corrected chi connectivity index (χ1v) is 24.8. The number of aliphatic hydroxyl groups excluding tert-OH is 2. The number of aromatic nitrogens is 6. The van der Waals surface area contributed by atoms with Crippen molar-refractivity contribution in [3.63, 3.8) is 0 Å². The first kappa shape index (κ1) is 50.9. The third kappa shape index (κ3) is 12.2. The van der Waals surface area contributed by atoms with Gasteiger partial charge in [-0.05, 0) is 13.0 Å². The number of aliphatic hydroxyl groups is 2. The minimum absolute atomic E-state index is 0.000637. The lowest BCUT2D eigenvalue weighted by molar-refractivity contribution is -0.137. The van der Waals surface area contributed by atoms with E-state index in [1.165, 1.54) is 24.6 Å². The van der Waals surface area contributed by atoms with Crippen LogP contribution in [-0.2, 0) is 52.4 Å². The molecule has 10 N–H and O–H groups in total. The van der Waals surface area contributed by atoms with E-state index in [9.17, 15) is 62.7 Å². The van der Waals surface area contributed by atoms with Crippen molar-refractivity contribution < 1.29 is 90.0 Å². The number of thioether (sulfide) groups is 1. The molecule has 362 valence electrons. The molecule has 2 aliphatic heterocycles. The topological polar surface area (TPSA) is 417 Å². The van der Waals surface area contributed by atoms with Gasteiger partial charge in [-0.2, -0.15) is 9.41 Å². The summed E-state index contributed by atoms with van der Waals surface area (Å²) in [5, 5.41) is 30.3. The number of nitrogens with zero attached hydrogens (tertiary/aromatic N) is 6. The second-order valence-corrected chi connectivity index (χ2v) is 20.2. The van der Waals surface area contributed by atoms with Crippen LogP contribution in [0, 0.1) is 5.41 Å². The number of rotatable bonds is 21. The summed E-state index contributed by atoms with van der Waals surface area (Å²) in [4.78, 5) is 102. The number of nitrogens with two attached hydrogens (primary N) is 1. The number of carbonyl (C=O) groups is 3. The van der Waals surface area contributed by atoms with Crippen LogP contribution >= 0.6 is 35.2 Å². The molecule has 3 aromatic heterocycles. The Labute approximate surface area is 375 Å². The van der Waals surface area contributed by atoms with E-state index < -0.39 is 95.1 Å². The number of hydrogen-bond donors (Lipinski definition) is 9. The molecule has 1 saturated heterocycles. The van der Waals surface area contributed by atoms with Gasteiger partial charge in [0.25, 0.3) is 0 Å². The summed E-state index contributed by atoms with van der Waals surface area (Å²) < 4.78 is 74.6. The number of benzene rings is 1. The van der Waals surface area contributed by atoms with Gasteiger partial charge < -0.3 is 60.4 Å². The maximum absolute atomic E-state index is 13.1. The predicted molar refractivity (Wildman–Crippen MR) is 224 cm³/mol. The van der Waals surface area contributed by atoms with Crippen LogP contribution in [-0.4, -0.2) is 139 Å². The summed E-state index contributed by atoms with van der Waals surface area (Å²) in [5.41, 5.74) is 3.77. The zero-order valence-electron chi connectivity index (χ0n) is 34.8. The van der Waals surface area contributed by atoms with Crippen LogP contribution < -0.4 is 31.3 Å². The number of amides is 2. The minimum atomic E-state index is -5.61. The first-order valence-electron chi connectivity index (χ1n) is 19.3. The molecule has 0 radical (unpaired) electrons. The van der Waals surface area contributed by atoms with Gasteiger partial charge in [-0.3, -0.25) is 42.0 Å². The lowest BCUT2D eigenvalue weighted by Crippen LogP contribution is -2.46. The zero-order valence-corrected chi connectivity index (χ0v) is 38.3. The number of ether oxygens (including phenoxy) is 3. The molecule has 1 fully saturated rings. The van der Waals surface area contributed by atoms with Gasteiger partial charge in [0.2, 0.25) is 29.2 Å². The normalized spacial score (nSPS) is 20.8. The Hall–Kier alpha value is -4.48. The number of phosphoric ester groups is 3. The Morgan fingerprint density at radius 2 is 1.73 bits per heavy atom. The third-order valence-electron chi connectivity index (χ3n) is 9.68. The number of nitrogens with one attached hydrogen (secondary N) is 2. The van der Waals surface area contributed by atoms with E-state index in [0.717, 1.165) is 29.0 Å². The average Bonchev–Trinajstić information content (AvgIpc) is 3.97. The van der Waals surface area contributed by atoms with Crippen LogP contribution in [0.25, 0.3) is 22.1 Å². The van der Waals surface area contributed by atoms with Crippen molar-refractivity contribution in [2.75, 3.05) is 44.6 Å². The van der Waals surface area contributed by atoms with E-state index in [4.69, 9.17) is 29.0 Å². The van der Waals surface area contributed by atoms with Crippen molar-refractivity contribution in [3.05, 3.63) is 40.7 Å². The molecule has 0 saturated carbocycles. The molecule has 0 aliphatic carbocycles. The number of hydrogen-bond acceptors (Lipinski definition) is 22. The number of phosphoric acid groups is 3. The van der Waals surface area contributed by atoms with Gasteiger partial charge in [-0.1, -0.05) is 25.6 Å². The number of imidazole rings is 1. The monoisotopic (exact) mass is 1010 g/mol. The van der Waals surface area contributed by atoms with Crippen molar-refractivity contribution >= 4 is 80.0 Å². The van der Waals surface area contributed by atoms with Crippen LogP contribution in [0.2, 0.25) is 0 Å². The molecule has 0 spiro atoms. The van der Waals surface area contributed by atoms with Crippen LogP contribution in [0.15, 0.2) is 29.6 Å². The molecule has 5 heterocycles. The Balaban J connectivity index is 0.927. The summed E-state index contributed by atoms with van der Waals surface area (Å²) in [7, 11) is -16.5. The van der Waals surface area contributed by atoms with Crippen molar-refractivity contribution in [3.8, 4) is 11.5 Å². The maximum atomic E-state index is 13.1. The number of aryl methyl sites for hydroxylation is 1. The molecular formula is C33H44N9O20P3S. The van der Waals surface area contributed by atoms with Gasteiger partial charge in [-0.25, -0.2) is 28.6 Å². The van der Waals surface area contributed by atoms with Crippen LogP contribution in [0.1, 0.15) is 43.9 Å². The zero-order chi connectivity index (χ0) is 48.4. The van der Waals surface area contributed by atoms with Crippen molar-refractivity contribution in [2.45, 2.75) is 64.4 Å².